The maximum Gasteiger partial charge on any atom is 0.230 e. The van der Waals surface area contributed by atoms with Gasteiger partial charge in [-0.2, -0.15) is 0 Å². The van der Waals surface area contributed by atoms with Crippen LogP contribution in [0, 0.1) is 5.92 Å². The van der Waals surface area contributed by atoms with E-state index in [2.05, 4.69) is 15.2 Å². The van der Waals surface area contributed by atoms with E-state index < -0.39 is 0 Å². The van der Waals surface area contributed by atoms with E-state index in [0.717, 1.165) is 13.0 Å². The number of pyridine rings is 1. The first kappa shape index (κ1) is 15.4. The first-order valence-corrected chi connectivity index (χ1v) is 7.20. The van der Waals surface area contributed by atoms with Crippen LogP contribution >= 0.6 is 0 Å². The molecule has 1 fully saturated rings. The first-order valence-electron chi connectivity index (χ1n) is 7.20. The van der Waals surface area contributed by atoms with Gasteiger partial charge in [-0.05, 0) is 39.2 Å². The van der Waals surface area contributed by atoms with Gasteiger partial charge in [0.05, 0.1) is 5.92 Å². The number of hydrogen-bond acceptors (Lipinski definition) is 4. The van der Waals surface area contributed by atoms with Crippen molar-refractivity contribution < 1.29 is 9.59 Å². The number of amides is 2. The summed E-state index contributed by atoms with van der Waals surface area (Å²) in [5.41, 5.74) is 0. The average Bonchev–Trinajstić information content (AvgIpc) is 2.81. The highest BCUT2D eigenvalue weighted by Crippen LogP contribution is 2.19. The molecular weight excluding hydrogens is 268 g/mol. The Morgan fingerprint density at radius 3 is 2.95 bits per heavy atom. The number of nitrogens with one attached hydrogen (secondary N) is 1. The third-order valence-corrected chi connectivity index (χ3v) is 3.53. The maximum atomic E-state index is 12.1. The molecule has 6 nitrogen and oxygen atoms in total. The number of rotatable bonds is 6. The number of likely N-dealkylation sites (tertiary alicyclic amines) is 1. The summed E-state index contributed by atoms with van der Waals surface area (Å²) in [5.74, 6) is 0.187. The Kier molecular flexibility index (Phi) is 5.27. The van der Waals surface area contributed by atoms with Crippen LogP contribution in [0.1, 0.15) is 12.8 Å². The third kappa shape index (κ3) is 4.53. The van der Waals surface area contributed by atoms with Crippen molar-refractivity contribution in [3.8, 4) is 0 Å². The van der Waals surface area contributed by atoms with Crippen molar-refractivity contribution in [1.82, 2.24) is 14.8 Å². The molecule has 0 radical (unpaired) electrons. The fraction of sp³-hybridized carbons (Fsp3) is 0.533. The molecule has 1 aromatic heterocycles. The van der Waals surface area contributed by atoms with Gasteiger partial charge in [0.25, 0.3) is 0 Å². The number of nitrogens with zero attached hydrogens (tertiary/aromatic N) is 3. The second kappa shape index (κ2) is 7.17. The van der Waals surface area contributed by atoms with E-state index >= 15 is 0 Å². The van der Waals surface area contributed by atoms with Crippen molar-refractivity contribution >= 4 is 17.6 Å². The van der Waals surface area contributed by atoms with Crippen LogP contribution in [-0.2, 0) is 9.59 Å². The standard InChI is InChI=1S/C15H22N4O2/c1-18(2)8-5-9-19-11-12(10-14(19)20)15(21)17-13-6-3-4-7-16-13/h3-4,6-7,12H,5,8-11H2,1-2H3,(H,16,17,21). The summed E-state index contributed by atoms with van der Waals surface area (Å²) in [7, 11) is 4.02. The largest absolute Gasteiger partial charge is 0.342 e. The number of hydrogen-bond donors (Lipinski definition) is 1. The second-order valence-corrected chi connectivity index (χ2v) is 5.60. The quantitative estimate of drug-likeness (QED) is 0.842. The van der Waals surface area contributed by atoms with E-state index in [1.165, 1.54) is 0 Å². The lowest BCUT2D eigenvalue weighted by Crippen LogP contribution is -2.30. The van der Waals surface area contributed by atoms with Gasteiger partial charge in [0.15, 0.2) is 0 Å². The molecule has 0 spiro atoms. The minimum Gasteiger partial charge on any atom is -0.342 e. The smallest absolute Gasteiger partial charge is 0.230 e. The highest BCUT2D eigenvalue weighted by molar-refractivity contribution is 5.96. The first-order chi connectivity index (χ1) is 10.1. The SMILES string of the molecule is CN(C)CCCN1CC(C(=O)Nc2ccccn2)CC1=O. The third-order valence-electron chi connectivity index (χ3n) is 3.53. The van der Waals surface area contributed by atoms with Crippen molar-refractivity contribution in [2.75, 3.05) is 39.0 Å². The van der Waals surface area contributed by atoms with Crippen LogP contribution in [0.5, 0.6) is 0 Å². The zero-order valence-electron chi connectivity index (χ0n) is 12.6. The van der Waals surface area contributed by atoms with Gasteiger partial charge in [-0.1, -0.05) is 6.07 Å². The summed E-state index contributed by atoms with van der Waals surface area (Å²) in [5, 5.41) is 2.76. The zero-order valence-corrected chi connectivity index (χ0v) is 12.6. The summed E-state index contributed by atoms with van der Waals surface area (Å²) < 4.78 is 0. The summed E-state index contributed by atoms with van der Waals surface area (Å²) in [6, 6.07) is 5.35. The van der Waals surface area contributed by atoms with Gasteiger partial charge in [-0.15, -0.1) is 0 Å². The van der Waals surface area contributed by atoms with Crippen LogP contribution in [0.25, 0.3) is 0 Å². The van der Waals surface area contributed by atoms with Gasteiger partial charge < -0.3 is 15.1 Å². The molecule has 1 aromatic rings. The van der Waals surface area contributed by atoms with Crippen molar-refractivity contribution in [2.24, 2.45) is 5.92 Å². The van der Waals surface area contributed by atoms with Crippen molar-refractivity contribution in [3.63, 3.8) is 0 Å². The summed E-state index contributed by atoms with van der Waals surface area (Å²) in [6.07, 6.45) is 2.84. The molecule has 0 aromatic carbocycles. The predicted molar refractivity (Wildman–Crippen MR) is 80.7 cm³/mol. The Morgan fingerprint density at radius 2 is 2.29 bits per heavy atom. The van der Waals surface area contributed by atoms with Gasteiger partial charge in [0.2, 0.25) is 11.8 Å². The molecule has 1 aliphatic heterocycles. The number of anilines is 1. The molecule has 0 saturated carbocycles. The summed E-state index contributed by atoms with van der Waals surface area (Å²) in [6.45, 7) is 2.16. The molecule has 1 atom stereocenters. The number of carbonyl (C=O) groups is 2. The molecule has 1 aliphatic rings. The molecular formula is C15H22N4O2. The van der Waals surface area contributed by atoms with Crippen LogP contribution in [0.15, 0.2) is 24.4 Å². The number of carbonyl (C=O) groups excluding carboxylic acids is 2. The molecule has 1 unspecified atom stereocenters. The Bertz CT molecular complexity index is 490. The number of aromatic nitrogens is 1. The molecule has 1 saturated heterocycles. The van der Waals surface area contributed by atoms with Crippen LogP contribution in [0.2, 0.25) is 0 Å². The Hall–Kier alpha value is -1.95. The van der Waals surface area contributed by atoms with Crippen molar-refractivity contribution in [2.45, 2.75) is 12.8 Å². The highest BCUT2D eigenvalue weighted by Gasteiger charge is 2.33. The lowest BCUT2D eigenvalue weighted by molar-refractivity contribution is -0.128. The molecule has 6 heteroatoms. The lowest BCUT2D eigenvalue weighted by atomic mass is 10.1. The van der Waals surface area contributed by atoms with Crippen LogP contribution in [0.4, 0.5) is 5.82 Å². The van der Waals surface area contributed by atoms with E-state index in [-0.39, 0.29) is 17.7 Å². The fourth-order valence-electron chi connectivity index (χ4n) is 2.41. The molecule has 2 amide bonds. The van der Waals surface area contributed by atoms with Crippen molar-refractivity contribution in [3.05, 3.63) is 24.4 Å². The maximum absolute atomic E-state index is 12.1. The van der Waals surface area contributed by atoms with Gasteiger partial charge in [-0.25, -0.2) is 4.98 Å². The van der Waals surface area contributed by atoms with E-state index in [9.17, 15) is 9.59 Å². The zero-order chi connectivity index (χ0) is 15.2. The molecule has 0 aliphatic carbocycles. The molecule has 114 valence electrons. The molecule has 0 bridgehead atoms. The van der Waals surface area contributed by atoms with Gasteiger partial charge >= 0.3 is 0 Å². The molecule has 21 heavy (non-hydrogen) atoms. The molecule has 1 N–H and O–H groups in total. The van der Waals surface area contributed by atoms with Crippen molar-refractivity contribution in [1.29, 1.82) is 0 Å². The topological polar surface area (TPSA) is 65.5 Å². The van der Waals surface area contributed by atoms with Crippen LogP contribution in [0.3, 0.4) is 0 Å². The average molecular weight is 290 g/mol. The summed E-state index contributed by atoms with van der Waals surface area (Å²) in [4.78, 5) is 32.0. The monoisotopic (exact) mass is 290 g/mol. The van der Waals surface area contributed by atoms with Crippen LogP contribution in [-0.4, -0.2) is 60.3 Å². The molecule has 2 heterocycles. The van der Waals surface area contributed by atoms with E-state index in [0.29, 0.717) is 25.3 Å². The predicted octanol–water partition coefficient (Wildman–Crippen LogP) is 0.820. The summed E-state index contributed by atoms with van der Waals surface area (Å²) >= 11 is 0. The Morgan fingerprint density at radius 1 is 1.48 bits per heavy atom. The van der Waals surface area contributed by atoms with E-state index in [1.807, 2.05) is 20.2 Å². The van der Waals surface area contributed by atoms with Gasteiger partial charge in [0, 0.05) is 25.7 Å². The Balaban J connectivity index is 1.82. The highest BCUT2D eigenvalue weighted by atomic mass is 16.2. The fourth-order valence-corrected chi connectivity index (χ4v) is 2.41. The van der Waals surface area contributed by atoms with Crippen LogP contribution < -0.4 is 5.32 Å². The van der Waals surface area contributed by atoms with E-state index in [4.69, 9.17) is 0 Å². The lowest BCUT2D eigenvalue weighted by Gasteiger charge is -2.18. The molecule has 2 rings (SSSR count). The Labute approximate surface area is 125 Å². The van der Waals surface area contributed by atoms with Gasteiger partial charge in [-0.3, -0.25) is 9.59 Å². The minimum atomic E-state index is -0.279. The minimum absolute atomic E-state index is 0.0647. The normalized spacial score (nSPS) is 18.3. The van der Waals surface area contributed by atoms with Gasteiger partial charge in [0.1, 0.15) is 5.82 Å². The van der Waals surface area contributed by atoms with E-state index in [1.54, 1.807) is 23.2 Å². The second-order valence-electron chi connectivity index (χ2n) is 5.60.